The normalized spacial score (nSPS) is 15.5. The average Bonchev–Trinajstić information content (AvgIpc) is 3.35. The van der Waals surface area contributed by atoms with Crippen LogP contribution in [0.4, 0.5) is 13.2 Å². The van der Waals surface area contributed by atoms with Crippen LogP contribution in [0.25, 0.3) is 0 Å². The number of hydrogen-bond acceptors (Lipinski definition) is 3. The van der Waals surface area contributed by atoms with Gasteiger partial charge >= 0.3 is 6.18 Å². The van der Waals surface area contributed by atoms with Gasteiger partial charge in [0.1, 0.15) is 5.75 Å². The predicted octanol–water partition coefficient (Wildman–Crippen LogP) is 2.12. The van der Waals surface area contributed by atoms with E-state index >= 15 is 0 Å². The van der Waals surface area contributed by atoms with Crippen LogP contribution in [0, 0.1) is 5.92 Å². The lowest BCUT2D eigenvalue weighted by molar-refractivity contribution is -0.140. The summed E-state index contributed by atoms with van der Waals surface area (Å²) in [6.07, 6.45) is -3.86. The Hall–Kier alpha value is -2.25. The number of amides is 2. The third kappa shape index (κ3) is 5.14. The van der Waals surface area contributed by atoms with Crippen molar-refractivity contribution in [3.8, 4) is 5.75 Å². The molecular weight excluding hydrogens is 325 g/mol. The predicted molar refractivity (Wildman–Crippen MR) is 80.3 cm³/mol. The minimum absolute atomic E-state index is 0.0346. The van der Waals surface area contributed by atoms with Crippen molar-refractivity contribution in [2.45, 2.75) is 32.0 Å². The van der Waals surface area contributed by atoms with Gasteiger partial charge in [-0.3, -0.25) is 9.59 Å². The van der Waals surface area contributed by atoms with E-state index < -0.39 is 29.5 Å². The van der Waals surface area contributed by atoms with E-state index in [-0.39, 0.29) is 24.9 Å². The standard InChI is InChI=1S/C16H19F3N2O3/c1-10(14(22)20-8-9-21-15(23)11-6-7-11)24-13-5-3-2-4-12(13)16(17,18)19/h2-5,10-11H,6-9H2,1H3,(H,20,22)(H,21,23)/t10-/m0/s1. The van der Waals surface area contributed by atoms with Gasteiger partial charge in [-0.15, -0.1) is 0 Å². The van der Waals surface area contributed by atoms with Crippen LogP contribution in [-0.4, -0.2) is 31.0 Å². The lowest BCUT2D eigenvalue weighted by Crippen LogP contribution is -2.41. The molecule has 8 heteroatoms. The Morgan fingerprint density at radius 2 is 1.83 bits per heavy atom. The third-order valence-electron chi connectivity index (χ3n) is 3.54. The molecule has 2 rings (SSSR count). The zero-order valence-electron chi connectivity index (χ0n) is 13.2. The highest BCUT2D eigenvalue weighted by Gasteiger charge is 2.34. The van der Waals surface area contributed by atoms with Gasteiger partial charge < -0.3 is 15.4 Å². The van der Waals surface area contributed by atoms with Gasteiger partial charge in [0.15, 0.2) is 6.10 Å². The first-order valence-electron chi connectivity index (χ1n) is 7.67. The van der Waals surface area contributed by atoms with Gasteiger partial charge in [-0.25, -0.2) is 0 Å². The second-order valence-electron chi connectivity index (χ2n) is 5.61. The van der Waals surface area contributed by atoms with Crippen molar-refractivity contribution in [1.82, 2.24) is 10.6 Å². The summed E-state index contributed by atoms with van der Waals surface area (Å²) in [6.45, 7) is 1.82. The van der Waals surface area contributed by atoms with Gasteiger partial charge in [-0.1, -0.05) is 12.1 Å². The molecule has 0 heterocycles. The van der Waals surface area contributed by atoms with Crippen molar-refractivity contribution >= 4 is 11.8 Å². The van der Waals surface area contributed by atoms with Gasteiger partial charge in [0.2, 0.25) is 5.91 Å². The molecule has 1 aliphatic rings. The van der Waals surface area contributed by atoms with Crippen LogP contribution in [0.5, 0.6) is 5.75 Å². The Bertz CT molecular complexity index is 600. The Morgan fingerprint density at radius 3 is 2.46 bits per heavy atom. The quantitative estimate of drug-likeness (QED) is 0.745. The summed E-state index contributed by atoms with van der Waals surface area (Å²) in [5.41, 5.74) is -0.929. The smallest absolute Gasteiger partial charge is 0.419 e. The molecule has 0 radical (unpaired) electrons. The zero-order chi connectivity index (χ0) is 17.7. The van der Waals surface area contributed by atoms with E-state index in [0.717, 1.165) is 18.9 Å². The molecule has 0 aliphatic heterocycles. The molecule has 0 saturated heterocycles. The monoisotopic (exact) mass is 344 g/mol. The fourth-order valence-electron chi connectivity index (χ4n) is 2.05. The van der Waals surface area contributed by atoms with E-state index in [0.29, 0.717) is 0 Å². The first-order chi connectivity index (χ1) is 11.3. The molecule has 0 bridgehead atoms. The third-order valence-corrected chi connectivity index (χ3v) is 3.54. The van der Waals surface area contributed by atoms with Gasteiger partial charge in [-0.05, 0) is 31.9 Å². The fourth-order valence-corrected chi connectivity index (χ4v) is 2.05. The number of halogens is 3. The second-order valence-corrected chi connectivity index (χ2v) is 5.61. The molecule has 2 N–H and O–H groups in total. The molecule has 1 aliphatic carbocycles. The highest BCUT2D eigenvalue weighted by atomic mass is 19.4. The van der Waals surface area contributed by atoms with E-state index in [4.69, 9.17) is 4.74 Å². The number of benzene rings is 1. The molecule has 0 spiro atoms. The van der Waals surface area contributed by atoms with E-state index in [2.05, 4.69) is 10.6 Å². The molecular formula is C16H19F3N2O3. The number of hydrogen-bond donors (Lipinski definition) is 2. The molecule has 5 nitrogen and oxygen atoms in total. The van der Waals surface area contributed by atoms with Crippen LogP contribution in [-0.2, 0) is 15.8 Å². The Balaban J connectivity index is 1.80. The number of carbonyl (C=O) groups is 2. The maximum Gasteiger partial charge on any atom is 0.419 e. The Kier molecular flexibility index (Phi) is 5.69. The number of carbonyl (C=O) groups excluding carboxylic acids is 2. The topological polar surface area (TPSA) is 67.4 Å². The maximum atomic E-state index is 12.9. The molecule has 2 amide bonds. The van der Waals surface area contributed by atoms with Crippen molar-refractivity contribution in [2.24, 2.45) is 5.92 Å². The van der Waals surface area contributed by atoms with E-state index in [1.165, 1.54) is 25.1 Å². The molecule has 1 aromatic carbocycles. The summed E-state index contributed by atoms with van der Waals surface area (Å²) in [5.74, 6) is -0.892. The van der Waals surface area contributed by atoms with Crippen molar-refractivity contribution in [3.05, 3.63) is 29.8 Å². The maximum absolute atomic E-state index is 12.9. The average molecular weight is 344 g/mol. The van der Waals surface area contributed by atoms with Crippen molar-refractivity contribution < 1.29 is 27.5 Å². The van der Waals surface area contributed by atoms with Crippen molar-refractivity contribution in [1.29, 1.82) is 0 Å². The first kappa shape index (κ1) is 18.1. The van der Waals surface area contributed by atoms with Crippen molar-refractivity contribution in [3.63, 3.8) is 0 Å². The summed E-state index contributed by atoms with van der Waals surface area (Å²) in [6, 6.07) is 4.72. The minimum Gasteiger partial charge on any atom is -0.480 e. The van der Waals surface area contributed by atoms with E-state index in [1.807, 2.05) is 0 Å². The largest absolute Gasteiger partial charge is 0.480 e. The second kappa shape index (κ2) is 7.55. The Labute approximate surface area is 137 Å². The summed E-state index contributed by atoms with van der Waals surface area (Å²) in [7, 11) is 0. The molecule has 0 unspecified atom stereocenters. The van der Waals surface area contributed by atoms with Crippen LogP contribution < -0.4 is 15.4 Å². The SMILES string of the molecule is C[C@H](Oc1ccccc1C(F)(F)F)C(=O)NCCNC(=O)C1CC1. The fraction of sp³-hybridized carbons (Fsp3) is 0.500. The van der Waals surface area contributed by atoms with Gasteiger partial charge in [-0.2, -0.15) is 13.2 Å². The van der Waals surface area contributed by atoms with Crippen molar-refractivity contribution in [2.75, 3.05) is 13.1 Å². The number of alkyl halides is 3. The zero-order valence-corrected chi connectivity index (χ0v) is 13.2. The van der Waals surface area contributed by atoms with Crippen LogP contribution in [0.3, 0.4) is 0 Å². The molecule has 24 heavy (non-hydrogen) atoms. The Morgan fingerprint density at radius 1 is 1.21 bits per heavy atom. The summed E-state index contributed by atoms with van der Waals surface area (Å²) < 4.78 is 43.8. The molecule has 1 aromatic rings. The van der Waals surface area contributed by atoms with Crippen LogP contribution in [0.2, 0.25) is 0 Å². The number of ether oxygens (including phenoxy) is 1. The van der Waals surface area contributed by atoms with Crippen LogP contribution in [0.1, 0.15) is 25.3 Å². The highest BCUT2D eigenvalue weighted by molar-refractivity contribution is 5.82. The molecule has 0 aromatic heterocycles. The number of nitrogens with one attached hydrogen (secondary N) is 2. The number of rotatable bonds is 7. The lowest BCUT2D eigenvalue weighted by atomic mass is 10.2. The van der Waals surface area contributed by atoms with Crippen LogP contribution >= 0.6 is 0 Å². The van der Waals surface area contributed by atoms with Gasteiger partial charge in [0, 0.05) is 19.0 Å². The van der Waals surface area contributed by atoms with E-state index in [9.17, 15) is 22.8 Å². The summed E-state index contributed by atoms with van der Waals surface area (Å²) >= 11 is 0. The first-order valence-corrected chi connectivity index (χ1v) is 7.67. The highest BCUT2D eigenvalue weighted by Crippen LogP contribution is 2.36. The molecule has 1 fully saturated rings. The van der Waals surface area contributed by atoms with Gasteiger partial charge in [0.25, 0.3) is 5.91 Å². The van der Waals surface area contributed by atoms with Gasteiger partial charge in [0.05, 0.1) is 5.56 Å². The van der Waals surface area contributed by atoms with Crippen LogP contribution in [0.15, 0.2) is 24.3 Å². The number of para-hydroxylation sites is 1. The minimum atomic E-state index is -4.56. The molecule has 1 saturated carbocycles. The summed E-state index contributed by atoms with van der Waals surface area (Å²) in [5, 5.41) is 5.19. The van der Waals surface area contributed by atoms with E-state index in [1.54, 1.807) is 0 Å². The lowest BCUT2D eigenvalue weighted by Gasteiger charge is -2.18. The summed E-state index contributed by atoms with van der Waals surface area (Å²) in [4.78, 5) is 23.3. The molecule has 132 valence electrons. The molecule has 1 atom stereocenters.